The van der Waals surface area contributed by atoms with E-state index in [-0.39, 0.29) is 29.2 Å². The Morgan fingerprint density at radius 3 is 2.68 bits per heavy atom. The van der Waals surface area contributed by atoms with Crippen molar-refractivity contribution in [1.29, 1.82) is 0 Å². The lowest BCUT2D eigenvalue weighted by atomic mass is 10.2. The van der Waals surface area contributed by atoms with E-state index < -0.39 is 17.6 Å². The van der Waals surface area contributed by atoms with Crippen molar-refractivity contribution >= 4 is 34.1 Å². The molecule has 9 heteroatoms. The molecule has 0 aliphatic rings. The summed E-state index contributed by atoms with van der Waals surface area (Å²) < 4.78 is 39.7. The Labute approximate surface area is 162 Å². The molecule has 3 rings (SSSR count). The fraction of sp³-hybridized carbons (Fsp3) is 0.211. The summed E-state index contributed by atoms with van der Waals surface area (Å²) in [4.78, 5) is 28.6. The molecule has 28 heavy (non-hydrogen) atoms. The first kappa shape index (κ1) is 19.9. The smallest absolute Gasteiger partial charge is 0.325 e. The maximum Gasteiger partial charge on any atom is 0.416 e. The molecular weight excluding hydrogens is 395 g/mol. The zero-order valence-electron chi connectivity index (χ0n) is 14.5. The number of rotatable bonds is 5. The number of halogens is 4. The summed E-state index contributed by atoms with van der Waals surface area (Å²) >= 11 is 5.86. The van der Waals surface area contributed by atoms with Crippen molar-refractivity contribution in [2.24, 2.45) is 0 Å². The Kier molecular flexibility index (Phi) is 5.69. The molecule has 0 aliphatic heterocycles. The van der Waals surface area contributed by atoms with E-state index in [4.69, 9.17) is 11.6 Å². The highest BCUT2D eigenvalue weighted by atomic mass is 35.5. The lowest BCUT2D eigenvalue weighted by Crippen LogP contribution is -2.21. The van der Waals surface area contributed by atoms with Crippen LogP contribution in [0.15, 0.2) is 53.6 Å². The highest BCUT2D eigenvalue weighted by Gasteiger charge is 2.31. The van der Waals surface area contributed by atoms with Gasteiger partial charge >= 0.3 is 6.18 Å². The van der Waals surface area contributed by atoms with Gasteiger partial charge in [-0.25, -0.2) is 4.98 Å². The van der Waals surface area contributed by atoms with Gasteiger partial charge in [0.1, 0.15) is 0 Å². The minimum atomic E-state index is -4.53. The van der Waals surface area contributed by atoms with Crippen molar-refractivity contribution in [2.75, 3.05) is 5.32 Å². The molecule has 1 N–H and O–H groups in total. The number of anilines is 1. The molecule has 0 bridgehead atoms. The largest absolute Gasteiger partial charge is 0.416 e. The number of hydrogen-bond acceptors (Lipinski definition) is 3. The van der Waals surface area contributed by atoms with Gasteiger partial charge in [0.05, 0.1) is 33.5 Å². The molecule has 0 fully saturated rings. The Bertz CT molecular complexity index is 1080. The first-order valence-electron chi connectivity index (χ1n) is 8.36. The maximum atomic E-state index is 12.8. The lowest BCUT2D eigenvalue weighted by molar-refractivity contribution is -0.137. The van der Waals surface area contributed by atoms with Crippen molar-refractivity contribution in [3.8, 4) is 0 Å². The average molecular weight is 410 g/mol. The molecule has 3 aromatic rings. The lowest BCUT2D eigenvalue weighted by Gasteiger charge is -2.12. The van der Waals surface area contributed by atoms with Gasteiger partial charge in [0.2, 0.25) is 5.91 Å². The highest BCUT2D eigenvalue weighted by molar-refractivity contribution is 6.33. The van der Waals surface area contributed by atoms with Crippen molar-refractivity contribution in [2.45, 2.75) is 25.6 Å². The number of nitrogens with zero attached hydrogens (tertiary/aromatic N) is 2. The van der Waals surface area contributed by atoms with Crippen LogP contribution in [-0.4, -0.2) is 15.5 Å². The van der Waals surface area contributed by atoms with E-state index in [1.165, 1.54) is 10.9 Å². The van der Waals surface area contributed by atoms with Crippen LogP contribution in [0.1, 0.15) is 18.4 Å². The van der Waals surface area contributed by atoms with Gasteiger partial charge in [-0.05, 0) is 36.8 Å². The topological polar surface area (TPSA) is 64.0 Å². The molecule has 0 radical (unpaired) electrons. The molecule has 0 spiro atoms. The van der Waals surface area contributed by atoms with Gasteiger partial charge in [0.15, 0.2) is 0 Å². The third kappa shape index (κ3) is 4.51. The van der Waals surface area contributed by atoms with Crippen LogP contribution >= 0.6 is 11.6 Å². The van der Waals surface area contributed by atoms with E-state index in [1.54, 1.807) is 24.3 Å². The Morgan fingerprint density at radius 2 is 1.93 bits per heavy atom. The number of hydrogen-bond donors (Lipinski definition) is 1. The third-order valence-electron chi connectivity index (χ3n) is 4.10. The van der Waals surface area contributed by atoms with Crippen LogP contribution in [0.2, 0.25) is 5.02 Å². The normalized spacial score (nSPS) is 11.6. The van der Waals surface area contributed by atoms with Crippen LogP contribution in [0.5, 0.6) is 0 Å². The summed E-state index contributed by atoms with van der Waals surface area (Å²) in [5.41, 5.74) is -0.639. The fourth-order valence-corrected chi connectivity index (χ4v) is 2.85. The van der Waals surface area contributed by atoms with Crippen molar-refractivity contribution < 1.29 is 18.0 Å². The predicted molar refractivity (Wildman–Crippen MR) is 100 cm³/mol. The van der Waals surface area contributed by atoms with Gasteiger partial charge in [-0.2, -0.15) is 13.2 Å². The molecule has 1 heterocycles. The molecule has 0 unspecified atom stereocenters. The van der Waals surface area contributed by atoms with E-state index >= 15 is 0 Å². The first-order chi connectivity index (χ1) is 13.3. The van der Waals surface area contributed by atoms with E-state index in [9.17, 15) is 22.8 Å². The molecule has 0 aliphatic carbocycles. The monoisotopic (exact) mass is 409 g/mol. The van der Waals surface area contributed by atoms with Crippen LogP contribution in [0.4, 0.5) is 18.9 Å². The number of amides is 1. The number of nitrogens with one attached hydrogen (secondary N) is 1. The second-order valence-corrected chi connectivity index (χ2v) is 6.51. The Morgan fingerprint density at radius 1 is 1.18 bits per heavy atom. The molecule has 2 aromatic carbocycles. The molecule has 1 amide bonds. The minimum absolute atomic E-state index is 0.00579. The SMILES string of the molecule is O=C(CCCn1cnc2ccccc2c1=O)Nc1cc(C(F)(F)F)ccc1Cl. The van der Waals surface area contributed by atoms with Gasteiger partial charge in [-0.15, -0.1) is 0 Å². The van der Waals surface area contributed by atoms with Crippen LogP contribution in [0.25, 0.3) is 10.9 Å². The summed E-state index contributed by atoms with van der Waals surface area (Å²) in [6.07, 6.45) is -2.81. The zero-order chi connectivity index (χ0) is 20.3. The molecule has 0 saturated heterocycles. The standard InChI is InChI=1S/C19H15ClF3N3O2/c20-14-8-7-12(19(21,22)23)10-16(14)25-17(27)6-3-9-26-11-24-15-5-2-1-4-13(15)18(26)28/h1-2,4-5,7-8,10-11H,3,6,9H2,(H,25,27). The summed E-state index contributed by atoms with van der Waals surface area (Å²) in [7, 11) is 0. The Balaban J connectivity index is 1.63. The van der Waals surface area contributed by atoms with Gasteiger partial charge in [-0.3, -0.25) is 14.2 Å². The summed E-state index contributed by atoms with van der Waals surface area (Å²) in [6, 6.07) is 9.64. The quantitative estimate of drug-likeness (QED) is 0.675. The molecule has 1 aromatic heterocycles. The zero-order valence-corrected chi connectivity index (χ0v) is 15.2. The van der Waals surface area contributed by atoms with Crippen LogP contribution < -0.4 is 10.9 Å². The average Bonchev–Trinajstić information content (AvgIpc) is 2.64. The molecule has 5 nitrogen and oxygen atoms in total. The first-order valence-corrected chi connectivity index (χ1v) is 8.74. The van der Waals surface area contributed by atoms with E-state index in [2.05, 4.69) is 10.3 Å². The minimum Gasteiger partial charge on any atom is -0.325 e. The fourth-order valence-electron chi connectivity index (χ4n) is 2.69. The molecule has 0 atom stereocenters. The number of carbonyl (C=O) groups excluding carboxylic acids is 1. The summed E-state index contributed by atoms with van der Waals surface area (Å²) in [6.45, 7) is 0.250. The highest BCUT2D eigenvalue weighted by Crippen LogP contribution is 2.33. The number of carbonyl (C=O) groups is 1. The molecule has 0 saturated carbocycles. The van der Waals surface area contributed by atoms with E-state index in [0.717, 1.165) is 18.2 Å². The van der Waals surface area contributed by atoms with Gasteiger partial charge in [0.25, 0.3) is 5.56 Å². The van der Waals surface area contributed by atoms with Gasteiger partial charge in [-0.1, -0.05) is 23.7 Å². The van der Waals surface area contributed by atoms with Gasteiger partial charge < -0.3 is 5.32 Å². The van der Waals surface area contributed by atoms with Crippen LogP contribution in [-0.2, 0) is 17.5 Å². The number of aryl methyl sites for hydroxylation is 1. The second kappa shape index (κ2) is 8.02. The van der Waals surface area contributed by atoms with Crippen molar-refractivity contribution in [1.82, 2.24) is 9.55 Å². The van der Waals surface area contributed by atoms with E-state index in [1.807, 2.05) is 0 Å². The Hall–Kier alpha value is -2.87. The number of aromatic nitrogens is 2. The second-order valence-electron chi connectivity index (χ2n) is 6.10. The predicted octanol–water partition coefficient (Wildman–Crippen LogP) is 4.49. The molecular formula is C19H15ClF3N3O2. The number of alkyl halides is 3. The number of para-hydroxylation sites is 1. The number of fused-ring (bicyclic) bond motifs is 1. The maximum absolute atomic E-state index is 12.8. The van der Waals surface area contributed by atoms with Crippen LogP contribution in [0.3, 0.4) is 0 Å². The summed E-state index contributed by atoms with van der Waals surface area (Å²) in [5.74, 6) is -0.497. The van der Waals surface area contributed by atoms with E-state index in [0.29, 0.717) is 17.3 Å². The molecule has 146 valence electrons. The summed E-state index contributed by atoms with van der Waals surface area (Å²) in [5, 5.41) is 2.87. The number of benzene rings is 2. The van der Waals surface area contributed by atoms with Crippen LogP contribution in [0, 0.1) is 0 Å². The van der Waals surface area contributed by atoms with Crippen molar-refractivity contribution in [3.05, 3.63) is 69.7 Å². The van der Waals surface area contributed by atoms with Gasteiger partial charge in [0, 0.05) is 13.0 Å². The van der Waals surface area contributed by atoms with Crippen molar-refractivity contribution in [3.63, 3.8) is 0 Å². The third-order valence-corrected chi connectivity index (χ3v) is 4.43.